The first-order valence-corrected chi connectivity index (χ1v) is 13.2. The summed E-state index contributed by atoms with van der Waals surface area (Å²) in [6.07, 6.45) is 3.27. The van der Waals surface area contributed by atoms with E-state index in [1.807, 2.05) is 20.9 Å². The first-order chi connectivity index (χ1) is 16.3. The van der Waals surface area contributed by atoms with Gasteiger partial charge in [-0.3, -0.25) is 14.4 Å². The number of aromatic nitrogens is 4. The Labute approximate surface area is 198 Å². The Balaban J connectivity index is 1.64. The molecule has 0 saturated carbocycles. The number of aromatic amines is 1. The van der Waals surface area contributed by atoms with Crippen molar-refractivity contribution in [2.24, 2.45) is 7.05 Å². The molecule has 4 heterocycles. The molecule has 34 heavy (non-hydrogen) atoms. The monoisotopic (exact) mass is 486 g/mol. The number of piperidine rings is 1. The average molecular weight is 487 g/mol. The predicted molar refractivity (Wildman–Crippen MR) is 128 cm³/mol. The van der Waals surface area contributed by atoms with Gasteiger partial charge in [-0.2, -0.15) is 9.40 Å². The lowest BCUT2D eigenvalue weighted by Crippen LogP contribution is -2.40. The molecule has 0 aliphatic carbocycles. The van der Waals surface area contributed by atoms with E-state index in [4.69, 9.17) is 9.72 Å². The lowest BCUT2D eigenvalue weighted by Gasteiger charge is -2.26. The first-order valence-electron chi connectivity index (χ1n) is 11.7. The molecule has 0 spiro atoms. The van der Waals surface area contributed by atoms with Gasteiger partial charge in [-0.05, 0) is 51.4 Å². The fraction of sp³-hybridized carbons (Fsp3) is 0.522. The molecular weight excluding hydrogens is 456 g/mol. The van der Waals surface area contributed by atoms with Crippen molar-refractivity contribution in [3.05, 3.63) is 34.2 Å². The summed E-state index contributed by atoms with van der Waals surface area (Å²) in [5.41, 5.74) is 1.77. The van der Waals surface area contributed by atoms with Gasteiger partial charge in [0.05, 0.1) is 28.9 Å². The standard InChI is InChI=1S/C23H30N6O4S/c1-5-7-17-20-21(28(4)26-17)23(30)25-22(24-20)16-12-15(9-10-18(16)33-6-2)34(31,32)29-13-14-8-11-19(29)27(14)3/h9-10,12,14,19H,5-8,11,13H2,1-4H3,(H,24,25,30)/t14-,19+/m0/s1. The number of likely N-dealkylation sites (N-methyl/N-ethyl adjacent to an activating group) is 1. The molecule has 11 heteroatoms. The van der Waals surface area contributed by atoms with Gasteiger partial charge in [0.15, 0.2) is 5.52 Å². The quantitative estimate of drug-likeness (QED) is 0.544. The molecule has 5 rings (SSSR count). The number of aryl methyl sites for hydroxylation is 2. The van der Waals surface area contributed by atoms with Crippen molar-refractivity contribution in [1.82, 2.24) is 29.0 Å². The van der Waals surface area contributed by atoms with Crippen LogP contribution in [0.25, 0.3) is 22.4 Å². The fourth-order valence-corrected chi connectivity index (χ4v) is 6.92. The van der Waals surface area contributed by atoms with Crippen LogP contribution in [0.4, 0.5) is 0 Å². The van der Waals surface area contributed by atoms with Crippen LogP contribution in [-0.2, 0) is 23.5 Å². The van der Waals surface area contributed by atoms with Crippen LogP contribution in [0.3, 0.4) is 0 Å². The lowest BCUT2D eigenvalue weighted by atomic mass is 10.1. The highest BCUT2D eigenvalue weighted by Crippen LogP contribution is 2.38. The third-order valence-corrected chi connectivity index (χ3v) is 8.75. The van der Waals surface area contributed by atoms with Crippen molar-refractivity contribution < 1.29 is 13.2 Å². The fourth-order valence-electron chi connectivity index (χ4n) is 5.20. The van der Waals surface area contributed by atoms with Crippen LogP contribution in [0, 0.1) is 0 Å². The Bertz CT molecular complexity index is 1410. The molecule has 0 amide bonds. The maximum Gasteiger partial charge on any atom is 0.277 e. The summed E-state index contributed by atoms with van der Waals surface area (Å²) < 4.78 is 36.1. The predicted octanol–water partition coefficient (Wildman–Crippen LogP) is 2.10. The zero-order valence-electron chi connectivity index (χ0n) is 19.9. The molecule has 2 bridgehead atoms. The molecule has 3 aromatic rings. The Hall–Kier alpha value is -2.76. The van der Waals surface area contributed by atoms with Crippen molar-refractivity contribution in [3.63, 3.8) is 0 Å². The molecule has 0 unspecified atom stereocenters. The van der Waals surface area contributed by atoms with Crippen molar-refractivity contribution in [2.45, 2.75) is 56.6 Å². The van der Waals surface area contributed by atoms with Crippen LogP contribution in [-0.4, -0.2) is 69.8 Å². The molecule has 1 aromatic carbocycles. The number of hydrogen-bond acceptors (Lipinski definition) is 7. The summed E-state index contributed by atoms with van der Waals surface area (Å²) in [6, 6.07) is 5.03. The maximum atomic E-state index is 13.6. The van der Waals surface area contributed by atoms with E-state index in [-0.39, 0.29) is 28.5 Å². The second-order valence-corrected chi connectivity index (χ2v) is 10.9. The van der Waals surface area contributed by atoms with Crippen LogP contribution < -0.4 is 10.3 Å². The molecule has 2 aromatic heterocycles. The van der Waals surface area contributed by atoms with Gasteiger partial charge in [0.2, 0.25) is 10.0 Å². The number of ether oxygens (including phenoxy) is 1. The maximum absolute atomic E-state index is 13.6. The first kappa shape index (κ1) is 23.0. The van der Waals surface area contributed by atoms with Crippen molar-refractivity contribution in [3.8, 4) is 17.1 Å². The topological polar surface area (TPSA) is 113 Å². The highest BCUT2D eigenvalue weighted by Gasteiger charge is 2.48. The van der Waals surface area contributed by atoms with Crippen LogP contribution in [0.2, 0.25) is 0 Å². The Kier molecular flexibility index (Phi) is 5.73. The largest absolute Gasteiger partial charge is 0.493 e. The van der Waals surface area contributed by atoms with Crippen LogP contribution in [0.15, 0.2) is 27.9 Å². The second-order valence-electron chi connectivity index (χ2n) is 8.98. The molecule has 10 nitrogen and oxygen atoms in total. The summed E-state index contributed by atoms with van der Waals surface area (Å²) in [7, 11) is -0.0309. The van der Waals surface area contributed by atoms with Gasteiger partial charge in [-0.25, -0.2) is 13.4 Å². The summed E-state index contributed by atoms with van der Waals surface area (Å²) in [5.74, 6) is 0.730. The highest BCUT2D eigenvalue weighted by atomic mass is 32.2. The van der Waals surface area contributed by atoms with Crippen molar-refractivity contribution in [2.75, 3.05) is 20.2 Å². The molecule has 2 saturated heterocycles. The van der Waals surface area contributed by atoms with E-state index in [1.165, 1.54) is 0 Å². The molecule has 2 aliphatic rings. The second kappa shape index (κ2) is 8.47. The lowest BCUT2D eigenvalue weighted by molar-refractivity contribution is 0.251. The number of nitrogens with zero attached hydrogens (tertiary/aromatic N) is 5. The van der Waals surface area contributed by atoms with Crippen LogP contribution in [0.1, 0.15) is 38.8 Å². The van der Waals surface area contributed by atoms with E-state index in [2.05, 4.69) is 15.0 Å². The minimum absolute atomic E-state index is 0.119. The summed E-state index contributed by atoms with van der Waals surface area (Å²) in [4.78, 5) is 22.8. The molecular formula is C23H30N6O4S. The number of H-pyrrole nitrogens is 1. The van der Waals surface area contributed by atoms with Gasteiger partial charge in [0.1, 0.15) is 17.1 Å². The van der Waals surface area contributed by atoms with E-state index in [0.29, 0.717) is 41.9 Å². The van der Waals surface area contributed by atoms with Gasteiger partial charge in [-0.1, -0.05) is 13.3 Å². The molecule has 0 radical (unpaired) electrons. The van der Waals surface area contributed by atoms with E-state index in [9.17, 15) is 13.2 Å². The van der Waals surface area contributed by atoms with E-state index >= 15 is 0 Å². The average Bonchev–Trinajstić information content (AvgIpc) is 3.44. The normalized spacial score (nSPS) is 21.1. The van der Waals surface area contributed by atoms with Crippen molar-refractivity contribution >= 4 is 21.1 Å². The number of nitrogens with one attached hydrogen (secondary N) is 1. The Morgan fingerprint density at radius 1 is 1.21 bits per heavy atom. The van der Waals surface area contributed by atoms with E-state index < -0.39 is 10.0 Å². The van der Waals surface area contributed by atoms with E-state index in [0.717, 1.165) is 25.0 Å². The number of rotatable bonds is 7. The SMILES string of the molecule is CCCc1nn(C)c2c(=O)[nH]c(-c3cc(S(=O)(=O)N4C[C@@H]5CC[C@@H]4N5C)ccc3OCC)nc12. The number of sulfonamides is 1. The van der Waals surface area contributed by atoms with Gasteiger partial charge < -0.3 is 9.72 Å². The Morgan fingerprint density at radius 2 is 2.00 bits per heavy atom. The van der Waals surface area contributed by atoms with Gasteiger partial charge in [-0.15, -0.1) is 0 Å². The Morgan fingerprint density at radius 3 is 2.65 bits per heavy atom. The minimum atomic E-state index is -3.73. The van der Waals surface area contributed by atoms with Gasteiger partial charge >= 0.3 is 0 Å². The summed E-state index contributed by atoms with van der Waals surface area (Å²) in [6.45, 7) is 4.77. The number of hydrogen-bond donors (Lipinski definition) is 1. The molecule has 182 valence electrons. The van der Waals surface area contributed by atoms with E-state index in [1.54, 1.807) is 34.2 Å². The number of fused-ring (bicyclic) bond motifs is 3. The van der Waals surface area contributed by atoms with Crippen molar-refractivity contribution in [1.29, 1.82) is 0 Å². The molecule has 2 fully saturated rings. The van der Waals surface area contributed by atoms with Crippen LogP contribution in [0.5, 0.6) is 5.75 Å². The molecule has 2 atom stereocenters. The van der Waals surface area contributed by atoms with Gasteiger partial charge in [0.25, 0.3) is 5.56 Å². The molecule has 1 N–H and O–H groups in total. The van der Waals surface area contributed by atoms with Crippen LogP contribution >= 0.6 is 0 Å². The smallest absolute Gasteiger partial charge is 0.277 e. The minimum Gasteiger partial charge on any atom is -0.493 e. The zero-order chi connectivity index (χ0) is 24.2. The molecule has 2 aliphatic heterocycles. The summed E-state index contributed by atoms with van der Waals surface area (Å²) >= 11 is 0. The zero-order valence-corrected chi connectivity index (χ0v) is 20.7. The highest BCUT2D eigenvalue weighted by molar-refractivity contribution is 7.89. The van der Waals surface area contributed by atoms with Gasteiger partial charge in [0, 0.05) is 19.6 Å². The third-order valence-electron chi connectivity index (χ3n) is 6.89. The third kappa shape index (κ3) is 3.53. The number of benzene rings is 1. The summed E-state index contributed by atoms with van der Waals surface area (Å²) in [5, 5.41) is 4.47.